The minimum absolute atomic E-state index is 0.229. The van der Waals surface area contributed by atoms with Crippen LogP contribution in [0.1, 0.15) is 22.1 Å². The van der Waals surface area contributed by atoms with Crippen molar-refractivity contribution in [1.82, 2.24) is 0 Å². The SMILES string of the molecule is COc1cc(C)c(Br)cc1C(Cl)c1csc2ccccc12. The largest absolute Gasteiger partial charge is 0.496 e. The number of hydrogen-bond donors (Lipinski definition) is 0. The summed E-state index contributed by atoms with van der Waals surface area (Å²) in [6.45, 7) is 2.04. The molecule has 1 heterocycles. The zero-order valence-electron chi connectivity index (χ0n) is 11.7. The number of benzene rings is 2. The van der Waals surface area contributed by atoms with Gasteiger partial charge in [0.2, 0.25) is 0 Å². The van der Waals surface area contributed by atoms with E-state index in [-0.39, 0.29) is 5.38 Å². The van der Waals surface area contributed by atoms with Gasteiger partial charge in [0.05, 0.1) is 12.5 Å². The van der Waals surface area contributed by atoms with Gasteiger partial charge in [-0.1, -0.05) is 34.1 Å². The van der Waals surface area contributed by atoms with Gasteiger partial charge in [-0.2, -0.15) is 0 Å². The Morgan fingerprint density at radius 2 is 1.95 bits per heavy atom. The quantitative estimate of drug-likeness (QED) is 0.483. The lowest BCUT2D eigenvalue weighted by Crippen LogP contribution is -1.98. The van der Waals surface area contributed by atoms with Gasteiger partial charge in [0.25, 0.3) is 0 Å². The third-order valence-electron chi connectivity index (χ3n) is 3.57. The second-order valence-electron chi connectivity index (χ2n) is 4.89. The minimum Gasteiger partial charge on any atom is -0.496 e. The van der Waals surface area contributed by atoms with Gasteiger partial charge in [-0.05, 0) is 47.0 Å². The van der Waals surface area contributed by atoms with Crippen molar-refractivity contribution < 1.29 is 4.74 Å². The van der Waals surface area contributed by atoms with Crippen LogP contribution in [0.4, 0.5) is 0 Å². The van der Waals surface area contributed by atoms with E-state index in [0.29, 0.717) is 0 Å². The summed E-state index contributed by atoms with van der Waals surface area (Å²) in [4.78, 5) is 0. The molecule has 1 atom stereocenters. The van der Waals surface area contributed by atoms with Crippen LogP contribution < -0.4 is 4.74 Å². The molecule has 0 aliphatic heterocycles. The Labute approximate surface area is 141 Å². The van der Waals surface area contributed by atoms with Gasteiger partial charge >= 0.3 is 0 Å². The summed E-state index contributed by atoms with van der Waals surface area (Å²) in [6.07, 6.45) is 0. The van der Waals surface area contributed by atoms with Gasteiger partial charge in [0.1, 0.15) is 5.75 Å². The molecule has 0 amide bonds. The van der Waals surface area contributed by atoms with Crippen LogP contribution in [-0.4, -0.2) is 7.11 Å². The van der Waals surface area contributed by atoms with Gasteiger partial charge in [0, 0.05) is 14.7 Å². The number of methoxy groups -OCH3 is 1. The lowest BCUT2D eigenvalue weighted by molar-refractivity contribution is 0.410. The van der Waals surface area contributed by atoms with E-state index in [2.05, 4.69) is 45.6 Å². The van der Waals surface area contributed by atoms with E-state index in [1.807, 2.05) is 19.1 Å². The first-order valence-electron chi connectivity index (χ1n) is 6.56. The van der Waals surface area contributed by atoms with Crippen LogP contribution in [0.15, 0.2) is 46.3 Å². The molecule has 0 aliphatic carbocycles. The molecule has 0 radical (unpaired) electrons. The van der Waals surface area contributed by atoms with Crippen LogP contribution >= 0.6 is 38.9 Å². The van der Waals surface area contributed by atoms with Crippen molar-refractivity contribution in [3.8, 4) is 5.75 Å². The van der Waals surface area contributed by atoms with E-state index >= 15 is 0 Å². The number of thiophene rings is 1. The molecule has 0 aliphatic rings. The van der Waals surface area contributed by atoms with E-state index in [1.165, 1.54) is 10.1 Å². The van der Waals surface area contributed by atoms with E-state index in [0.717, 1.165) is 26.9 Å². The van der Waals surface area contributed by atoms with Crippen molar-refractivity contribution in [2.24, 2.45) is 0 Å². The van der Waals surface area contributed by atoms with Crippen molar-refractivity contribution in [3.05, 3.63) is 62.9 Å². The topological polar surface area (TPSA) is 9.23 Å². The Kier molecular flexibility index (Phi) is 4.25. The molecule has 21 heavy (non-hydrogen) atoms. The Bertz CT molecular complexity index is 797. The predicted molar refractivity (Wildman–Crippen MR) is 95.0 cm³/mol. The van der Waals surface area contributed by atoms with Crippen molar-refractivity contribution in [3.63, 3.8) is 0 Å². The van der Waals surface area contributed by atoms with Crippen molar-refractivity contribution in [2.75, 3.05) is 7.11 Å². The molecular formula is C17H14BrClOS. The van der Waals surface area contributed by atoms with E-state index < -0.39 is 0 Å². The van der Waals surface area contributed by atoms with Gasteiger partial charge in [-0.15, -0.1) is 22.9 Å². The van der Waals surface area contributed by atoms with Crippen LogP contribution in [0.2, 0.25) is 0 Å². The van der Waals surface area contributed by atoms with Crippen LogP contribution in [0.25, 0.3) is 10.1 Å². The van der Waals surface area contributed by atoms with Crippen LogP contribution in [0.5, 0.6) is 5.75 Å². The first-order chi connectivity index (χ1) is 10.1. The summed E-state index contributed by atoms with van der Waals surface area (Å²) in [5.41, 5.74) is 3.25. The van der Waals surface area contributed by atoms with Gasteiger partial charge in [-0.25, -0.2) is 0 Å². The third-order valence-corrected chi connectivity index (χ3v) is 5.87. The zero-order chi connectivity index (χ0) is 15.0. The lowest BCUT2D eigenvalue weighted by Gasteiger charge is -2.15. The average molecular weight is 382 g/mol. The number of aryl methyl sites for hydroxylation is 1. The highest BCUT2D eigenvalue weighted by molar-refractivity contribution is 9.10. The molecule has 0 N–H and O–H groups in total. The fourth-order valence-corrected chi connectivity index (χ4v) is 4.18. The molecule has 108 valence electrons. The second kappa shape index (κ2) is 5.99. The number of alkyl halides is 1. The molecule has 0 saturated heterocycles. The summed E-state index contributed by atoms with van der Waals surface area (Å²) in [6, 6.07) is 12.4. The molecule has 0 bridgehead atoms. The van der Waals surface area contributed by atoms with Crippen molar-refractivity contribution in [2.45, 2.75) is 12.3 Å². The first kappa shape index (κ1) is 14.9. The summed E-state index contributed by atoms with van der Waals surface area (Å²) < 4.78 is 7.81. The van der Waals surface area contributed by atoms with E-state index in [4.69, 9.17) is 16.3 Å². The molecule has 0 fully saturated rings. The fourth-order valence-electron chi connectivity index (χ4n) is 2.41. The molecule has 0 saturated carbocycles. The number of rotatable bonds is 3. The Balaban J connectivity index is 2.14. The Morgan fingerprint density at radius 3 is 2.71 bits per heavy atom. The fraction of sp³-hybridized carbons (Fsp3) is 0.176. The highest BCUT2D eigenvalue weighted by atomic mass is 79.9. The maximum atomic E-state index is 6.77. The average Bonchev–Trinajstić information content (AvgIpc) is 2.92. The molecule has 3 rings (SSSR count). The maximum absolute atomic E-state index is 6.77. The zero-order valence-corrected chi connectivity index (χ0v) is 14.8. The number of ether oxygens (including phenoxy) is 1. The number of fused-ring (bicyclic) bond motifs is 1. The summed E-state index contributed by atoms with van der Waals surface area (Å²) in [5.74, 6) is 0.825. The number of halogens is 2. The Morgan fingerprint density at radius 1 is 1.19 bits per heavy atom. The molecule has 1 nitrogen and oxygen atoms in total. The van der Waals surface area contributed by atoms with E-state index in [9.17, 15) is 0 Å². The van der Waals surface area contributed by atoms with Crippen molar-refractivity contribution in [1.29, 1.82) is 0 Å². The summed E-state index contributed by atoms with van der Waals surface area (Å²) in [7, 11) is 1.68. The van der Waals surface area contributed by atoms with Gasteiger partial charge < -0.3 is 4.74 Å². The van der Waals surface area contributed by atoms with Crippen molar-refractivity contribution >= 4 is 49.0 Å². The lowest BCUT2D eigenvalue weighted by atomic mass is 10.0. The molecular weight excluding hydrogens is 368 g/mol. The predicted octanol–water partition coefficient (Wildman–Crippen LogP) is 6.31. The van der Waals surface area contributed by atoms with Crippen LogP contribution in [0, 0.1) is 6.92 Å². The Hall–Kier alpha value is -1.03. The summed E-state index contributed by atoms with van der Waals surface area (Å²) in [5, 5.41) is 3.12. The smallest absolute Gasteiger partial charge is 0.124 e. The maximum Gasteiger partial charge on any atom is 0.124 e. The normalized spacial score (nSPS) is 12.6. The highest BCUT2D eigenvalue weighted by Gasteiger charge is 2.20. The van der Waals surface area contributed by atoms with Crippen LogP contribution in [-0.2, 0) is 0 Å². The molecule has 3 aromatic rings. The van der Waals surface area contributed by atoms with E-state index in [1.54, 1.807) is 18.4 Å². The molecule has 4 heteroatoms. The summed E-state index contributed by atoms with van der Waals surface area (Å²) >= 11 is 12.1. The standard InChI is InChI=1S/C17H14BrClOS/c1-10-7-15(20-2)12(8-14(10)18)17(19)13-9-21-16-6-4-3-5-11(13)16/h3-9,17H,1-2H3. The monoisotopic (exact) mass is 380 g/mol. The number of hydrogen-bond acceptors (Lipinski definition) is 2. The first-order valence-corrected chi connectivity index (χ1v) is 8.67. The molecule has 1 unspecified atom stereocenters. The molecule has 1 aromatic heterocycles. The molecule has 2 aromatic carbocycles. The second-order valence-corrected chi connectivity index (χ2v) is 7.10. The van der Waals surface area contributed by atoms with Crippen LogP contribution in [0.3, 0.4) is 0 Å². The third kappa shape index (κ3) is 2.70. The van der Waals surface area contributed by atoms with Gasteiger partial charge in [0.15, 0.2) is 0 Å². The highest BCUT2D eigenvalue weighted by Crippen LogP contribution is 2.42. The molecule has 0 spiro atoms. The minimum atomic E-state index is -0.229. The van der Waals surface area contributed by atoms with Gasteiger partial charge in [-0.3, -0.25) is 0 Å².